The number of carbonyl (C=O) groups excluding carboxylic acids is 1. The molecule has 96 valence electrons. The van der Waals surface area contributed by atoms with E-state index in [1.165, 1.54) is 6.92 Å². The maximum absolute atomic E-state index is 11.5. The van der Waals surface area contributed by atoms with Crippen molar-refractivity contribution >= 4 is 11.9 Å². The van der Waals surface area contributed by atoms with Crippen LogP contribution in [-0.2, 0) is 0 Å². The highest BCUT2D eigenvalue weighted by Gasteiger charge is 2.30. The maximum atomic E-state index is 11.5. The first kappa shape index (κ1) is 12.5. The Labute approximate surface area is 106 Å². The highest BCUT2D eigenvalue weighted by molar-refractivity contribution is 6.02. The Morgan fingerprint density at radius 1 is 1.28 bits per heavy atom. The van der Waals surface area contributed by atoms with Crippen molar-refractivity contribution in [2.45, 2.75) is 33.3 Å². The Morgan fingerprint density at radius 2 is 1.89 bits per heavy atom. The van der Waals surface area contributed by atoms with E-state index in [-0.39, 0.29) is 22.8 Å². The molecule has 18 heavy (non-hydrogen) atoms. The van der Waals surface area contributed by atoms with Gasteiger partial charge in [0.25, 0.3) is 0 Å². The number of carbonyl (C=O) groups is 1. The maximum Gasteiger partial charge on any atom is 0.167 e. The second kappa shape index (κ2) is 3.77. The fraction of sp³-hybridized carbons (Fsp3) is 0.357. The average molecular weight is 248 g/mol. The molecule has 4 heteroatoms. The lowest BCUT2D eigenvalue weighted by molar-refractivity contribution is 0.101. The number of rotatable bonds is 1. The average Bonchev–Trinajstić information content (AvgIpc) is 2.24. The van der Waals surface area contributed by atoms with Crippen LogP contribution < -0.4 is 4.74 Å². The molecule has 2 rings (SSSR count). The van der Waals surface area contributed by atoms with Crippen LogP contribution in [0.15, 0.2) is 6.08 Å². The van der Waals surface area contributed by atoms with Gasteiger partial charge in [0, 0.05) is 5.56 Å². The Bertz CT molecular complexity index is 568. The van der Waals surface area contributed by atoms with Crippen LogP contribution in [0.25, 0.3) is 6.08 Å². The molecule has 0 atom stereocenters. The number of benzene rings is 1. The van der Waals surface area contributed by atoms with Crippen molar-refractivity contribution in [3.63, 3.8) is 0 Å². The first-order chi connectivity index (χ1) is 8.24. The van der Waals surface area contributed by atoms with E-state index in [0.29, 0.717) is 16.9 Å². The smallest absolute Gasteiger partial charge is 0.167 e. The van der Waals surface area contributed by atoms with Crippen LogP contribution in [0, 0.1) is 6.92 Å². The molecule has 0 unspecified atom stereocenters. The van der Waals surface area contributed by atoms with E-state index in [9.17, 15) is 15.0 Å². The molecular weight excluding hydrogens is 232 g/mol. The number of hydrogen-bond donors (Lipinski definition) is 2. The highest BCUT2D eigenvalue weighted by Crippen LogP contribution is 2.46. The number of phenols is 2. The summed E-state index contributed by atoms with van der Waals surface area (Å²) in [6, 6.07) is 0. The summed E-state index contributed by atoms with van der Waals surface area (Å²) >= 11 is 0. The molecule has 0 aliphatic carbocycles. The van der Waals surface area contributed by atoms with Crippen LogP contribution in [-0.4, -0.2) is 21.6 Å². The number of phenolic OH excluding ortho intramolecular Hbond substituents is 2. The van der Waals surface area contributed by atoms with Gasteiger partial charge in [0.15, 0.2) is 5.78 Å². The lowest BCUT2D eigenvalue weighted by Crippen LogP contribution is -2.28. The van der Waals surface area contributed by atoms with Gasteiger partial charge in [0.1, 0.15) is 28.4 Å². The molecular formula is C14H16O4. The van der Waals surface area contributed by atoms with Gasteiger partial charge >= 0.3 is 0 Å². The van der Waals surface area contributed by atoms with E-state index < -0.39 is 5.60 Å². The van der Waals surface area contributed by atoms with Gasteiger partial charge in [0.05, 0.1) is 5.56 Å². The number of aromatic hydroxyl groups is 2. The van der Waals surface area contributed by atoms with E-state index in [1.54, 1.807) is 19.1 Å². The lowest BCUT2D eigenvalue weighted by atomic mass is 9.94. The molecule has 0 bridgehead atoms. The minimum atomic E-state index is -0.506. The zero-order valence-corrected chi connectivity index (χ0v) is 10.9. The molecule has 0 fully saturated rings. The fourth-order valence-electron chi connectivity index (χ4n) is 2.05. The monoisotopic (exact) mass is 248 g/mol. The van der Waals surface area contributed by atoms with Gasteiger partial charge in [-0.05, 0) is 39.8 Å². The number of ether oxygens (including phenoxy) is 1. The third kappa shape index (κ3) is 1.74. The Hall–Kier alpha value is -1.97. The van der Waals surface area contributed by atoms with Crippen LogP contribution >= 0.6 is 0 Å². The minimum absolute atomic E-state index is 0.0563. The number of Topliss-reactive ketones (excluding diaryl/α,β-unsaturated/α-hetero) is 1. The summed E-state index contributed by atoms with van der Waals surface area (Å²) in [5, 5.41) is 20.1. The van der Waals surface area contributed by atoms with Crippen molar-refractivity contribution < 1.29 is 19.7 Å². The molecule has 1 aromatic rings. The molecule has 1 aromatic carbocycles. The Balaban J connectivity index is 2.78. The minimum Gasteiger partial charge on any atom is -0.507 e. The Morgan fingerprint density at radius 3 is 2.44 bits per heavy atom. The van der Waals surface area contributed by atoms with Gasteiger partial charge in [-0.2, -0.15) is 0 Å². The fourth-order valence-corrected chi connectivity index (χ4v) is 2.05. The molecule has 1 heterocycles. The molecule has 2 N–H and O–H groups in total. The van der Waals surface area contributed by atoms with Crippen molar-refractivity contribution in [1.82, 2.24) is 0 Å². The summed E-state index contributed by atoms with van der Waals surface area (Å²) in [4.78, 5) is 11.5. The van der Waals surface area contributed by atoms with Crippen molar-refractivity contribution in [1.29, 1.82) is 0 Å². The predicted molar refractivity (Wildman–Crippen MR) is 68.3 cm³/mol. The largest absolute Gasteiger partial charge is 0.507 e. The van der Waals surface area contributed by atoms with Crippen LogP contribution in [0.4, 0.5) is 0 Å². The molecule has 0 amide bonds. The van der Waals surface area contributed by atoms with Crippen molar-refractivity contribution in [3.8, 4) is 17.2 Å². The summed E-state index contributed by atoms with van der Waals surface area (Å²) in [7, 11) is 0. The van der Waals surface area contributed by atoms with E-state index in [1.807, 2.05) is 13.8 Å². The molecule has 0 aromatic heterocycles. The van der Waals surface area contributed by atoms with E-state index in [0.717, 1.165) is 0 Å². The van der Waals surface area contributed by atoms with Crippen LogP contribution in [0.5, 0.6) is 17.2 Å². The summed E-state index contributed by atoms with van der Waals surface area (Å²) in [6.07, 6.45) is 3.52. The van der Waals surface area contributed by atoms with Crippen molar-refractivity contribution in [2.24, 2.45) is 0 Å². The van der Waals surface area contributed by atoms with Crippen LogP contribution in [0.3, 0.4) is 0 Å². The first-order valence-corrected chi connectivity index (χ1v) is 5.72. The molecule has 1 aliphatic rings. The van der Waals surface area contributed by atoms with E-state index >= 15 is 0 Å². The number of hydrogen-bond acceptors (Lipinski definition) is 4. The zero-order valence-electron chi connectivity index (χ0n) is 10.9. The molecule has 0 radical (unpaired) electrons. The molecule has 1 aliphatic heterocycles. The van der Waals surface area contributed by atoms with Gasteiger partial charge in [-0.3, -0.25) is 4.79 Å². The summed E-state index contributed by atoms with van der Waals surface area (Å²) < 4.78 is 5.73. The molecule has 0 saturated heterocycles. The van der Waals surface area contributed by atoms with Gasteiger partial charge in [-0.1, -0.05) is 0 Å². The number of ketones is 1. The summed E-state index contributed by atoms with van der Waals surface area (Å²) in [5.74, 6) is -0.408. The predicted octanol–water partition coefficient (Wildman–Crippen LogP) is 2.79. The standard InChI is InChI=1S/C14H16O4/c1-7-11(16)10(8(2)15)12(17)9-5-6-14(3,4)18-13(7)9/h5-6,16-17H,1-4H3. The molecule has 0 spiro atoms. The molecule has 4 nitrogen and oxygen atoms in total. The van der Waals surface area contributed by atoms with Crippen LogP contribution in [0.1, 0.15) is 42.3 Å². The van der Waals surface area contributed by atoms with Gasteiger partial charge < -0.3 is 14.9 Å². The SMILES string of the molecule is CC(=O)c1c(O)c(C)c2c(c1O)C=CC(C)(C)O2. The zero-order chi connectivity index (χ0) is 13.7. The topological polar surface area (TPSA) is 66.8 Å². The Kier molecular flexibility index (Phi) is 2.61. The van der Waals surface area contributed by atoms with Crippen LogP contribution in [0.2, 0.25) is 0 Å². The van der Waals surface area contributed by atoms with Gasteiger partial charge in [-0.25, -0.2) is 0 Å². The van der Waals surface area contributed by atoms with Crippen molar-refractivity contribution in [3.05, 3.63) is 22.8 Å². The third-order valence-electron chi connectivity index (χ3n) is 3.04. The van der Waals surface area contributed by atoms with Crippen molar-refractivity contribution in [2.75, 3.05) is 0 Å². The quantitative estimate of drug-likeness (QED) is 0.750. The van der Waals surface area contributed by atoms with E-state index in [2.05, 4.69) is 0 Å². The van der Waals surface area contributed by atoms with E-state index in [4.69, 9.17) is 4.74 Å². The summed E-state index contributed by atoms with van der Waals surface area (Å²) in [5.41, 5.74) is 0.341. The second-order valence-corrected chi connectivity index (χ2v) is 5.04. The normalized spacial score (nSPS) is 16.0. The third-order valence-corrected chi connectivity index (χ3v) is 3.04. The van der Waals surface area contributed by atoms with Gasteiger partial charge in [0.2, 0.25) is 0 Å². The second-order valence-electron chi connectivity index (χ2n) is 5.04. The first-order valence-electron chi connectivity index (χ1n) is 5.72. The lowest BCUT2D eigenvalue weighted by Gasteiger charge is -2.30. The van der Waals surface area contributed by atoms with Gasteiger partial charge in [-0.15, -0.1) is 0 Å². The number of fused-ring (bicyclic) bond motifs is 1. The molecule has 0 saturated carbocycles. The summed E-state index contributed by atoms with van der Waals surface area (Å²) in [6.45, 7) is 6.71. The highest BCUT2D eigenvalue weighted by atomic mass is 16.5.